The van der Waals surface area contributed by atoms with Gasteiger partial charge < -0.3 is 9.88 Å². The Morgan fingerprint density at radius 1 is 1.19 bits per heavy atom. The summed E-state index contributed by atoms with van der Waals surface area (Å²) in [5.74, 6) is 0.00457. The van der Waals surface area contributed by atoms with E-state index in [2.05, 4.69) is 20.3 Å². The zero-order chi connectivity index (χ0) is 17.8. The van der Waals surface area contributed by atoms with Crippen LogP contribution in [-0.4, -0.2) is 49.3 Å². The largest absolute Gasteiger partial charge is 0.323 e. The van der Waals surface area contributed by atoms with Crippen molar-refractivity contribution >= 4 is 11.6 Å². The first-order valence-corrected chi connectivity index (χ1v) is 8.88. The number of amides is 1. The quantitative estimate of drug-likeness (QED) is 0.740. The molecule has 0 radical (unpaired) electrons. The number of benzene rings is 1. The molecule has 0 bridgehead atoms. The molecule has 1 aliphatic heterocycles. The van der Waals surface area contributed by atoms with Crippen LogP contribution in [0.15, 0.2) is 61.4 Å². The molecule has 0 aliphatic carbocycles. The Hall–Kier alpha value is -2.93. The third-order valence-electron chi connectivity index (χ3n) is 4.76. The zero-order valence-electron chi connectivity index (χ0n) is 14.5. The molecule has 1 aliphatic rings. The number of para-hydroxylation sites is 2. The van der Waals surface area contributed by atoms with Gasteiger partial charge in [0.05, 0.1) is 30.8 Å². The molecule has 7 nitrogen and oxygen atoms in total. The Balaban J connectivity index is 1.41. The Labute approximate surface area is 152 Å². The lowest BCUT2D eigenvalue weighted by molar-refractivity contribution is -0.117. The summed E-state index contributed by atoms with van der Waals surface area (Å²) in [5.41, 5.74) is 1.70. The molecule has 3 aromatic rings. The number of hydrogen-bond acceptors (Lipinski definition) is 4. The number of aromatic nitrogens is 4. The van der Waals surface area contributed by atoms with Gasteiger partial charge in [-0.3, -0.25) is 14.4 Å². The minimum Gasteiger partial charge on any atom is -0.323 e. The molecule has 1 amide bonds. The normalized spacial score (nSPS) is 17.5. The molecule has 0 spiro atoms. The van der Waals surface area contributed by atoms with E-state index in [0.717, 1.165) is 37.3 Å². The van der Waals surface area contributed by atoms with Crippen LogP contribution < -0.4 is 5.32 Å². The number of carbonyl (C=O) groups excluding carboxylic acids is 1. The molecule has 1 saturated heterocycles. The Bertz CT molecular complexity index is 843. The molecule has 1 N–H and O–H groups in total. The van der Waals surface area contributed by atoms with Crippen LogP contribution >= 0.6 is 0 Å². The fraction of sp³-hybridized carbons (Fsp3) is 0.316. The molecule has 2 aromatic heterocycles. The fourth-order valence-electron chi connectivity index (χ4n) is 3.51. The van der Waals surface area contributed by atoms with Gasteiger partial charge in [-0.1, -0.05) is 12.1 Å². The minimum absolute atomic E-state index is 0.00457. The van der Waals surface area contributed by atoms with Crippen molar-refractivity contribution in [1.82, 2.24) is 24.2 Å². The highest BCUT2D eigenvalue weighted by Gasteiger charge is 2.26. The first kappa shape index (κ1) is 16.5. The van der Waals surface area contributed by atoms with Gasteiger partial charge in [0.1, 0.15) is 0 Å². The first-order valence-electron chi connectivity index (χ1n) is 8.88. The van der Waals surface area contributed by atoms with Crippen LogP contribution in [0.25, 0.3) is 5.69 Å². The highest BCUT2D eigenvalue weighted by atomic mass is 16.2. The third kappa shape index (κ3) is 3.67. The lowest BCUT2D eigenvalue weighted by Gasteiger charge is -2.24. The molecule has 0 unspecified atom stereocenters. The zero-order valence-corrected chi connectivity index (χ0v) is 14.5. The van der Waals surface area contributed by atoms with Crippen molar-refractivity contribution < 1.29 is 4.79 Å². The molecule has 1 aromatic carbocycles. The van der Waals surface area contributed by atoms with E-state index in [-0.39, 0.29) is 5.91 Å². The van der Waals surface area contributed by atoms with Crippen LogP contribution in [0.1, 0.15) is 12.8 Å². The van der Waals surface area contributed by atoms with Crippen LogP contribution in [0.2, 0.25) is 0 Å². The Kier molecular flexibility index (Phi) is 4.79. The van der Waals surface area contributed by atoms with E-state index in [1.807, 2.05) is 52.0 Å². The number of likely N-dealkylation sites (tertiary alicyclic amines) is 1. The number of anilines is 1. The maximum atomic E-state index is 12.6. The fourth-order valence-corrected chi connectivity index (χ4v) is 3.51. The van der Waals surface area contributed by atoms with Crippen molar-refractivity contribution in [3.8, 4) is 5.69 Å². The van der Waals surface area contributed by atoms with Crippen molar-refractivity contribution in [3.63, 3.8) is 0 Å². The van der Waals surface area contributed by atoms with E-state index in [1.54, 1.807) is 18.7 Å². The second-order valence-electron chi connectivity index (χ2n) is 6.53. The molecule has 134 valence electrons. The molecule has 4 rings (SSSR count). The summed E-state index contributed by atoms with van der Waals surface area (Å²) >= 11 is 0. The van der Waals surface area contributed by atoms with Gasteiger partial charge in [-0.25, -0.2) is 4.98 Å². The minimum atomic E-state index is 0.00457. The number of carbonyl (C=O) groups is 1. The number of nitrogens with one attached hydrogen (secondary N) is 1. The Morgan fingerprint density at radius 3 is 2.92 bits per heavy atom. The average molecular weight is 350 g/mol. The van der Waals surface area contributed by atoms with Gasteiger partial charge >= 0.3 is 0 Å². The summed E-state index contributed by atoms with van der Waals surface area (Å²) in [5, 5.41) is 7.34. The van der Waals surface area contributed by atoms with E-state index < -0.39 is 0 Å². The maximum absolute atomic E-state index is 12.6. The molecule has 26 heavy (non-hydrogen) atoms. The van der Waals surface area contributed by atoms with Gasteiger partial charge in [-0.2, -0.15) is 5.10 Å². The monoisotopic (exact) mass is 350 g/mol. The van der Waals surface area contributed by atoms with Gasteiger partial charge in [0, 0.05) is 30.8 Å². The molecule has 1 atom stereocenters. The van der Waals surface area contributed by atoms with Crippen molar-refractivity contribution in [2.24, 2.45) is 0 Å². The number of hydrogen-bond donors (Lipinski definition) is 1. The average Bonchev–Trinajstić information content (AvgIpc) is 3.39. The summed E-state index contributed by atoms with van der Waals surface area (Å²) in [6.45, 7) is 2.17. The SMILES string of the molecule is O=C(CN1CCC[C@H]1Cn1cccn1)Nc1ccccc1-n1ccnc1. The van der Waals surface area contributed by atoms with Crippen molar-refractivity contribution in [1.29, 1.82) is 0 Å². The second-order valence-corrected chi connectivity index (χ2v) is 6.53. The number of rotatable bonds is 6. The molecular weight excluding hydrogens is 328 g/mol. The highest BCUT2D eigenvalue weighted by molar-refractivity contribution is 5.94. The molecule has 1 fully saturated rings. The van der Waals surface area contributed by atoms with Gasteiger partial charge in [0.2, 0.25) is 5.91 Å². The van der Waals surface area contributed by atoms with Crippen molar-refractivity contribution in [3.05, 3.63) is 61.4 Å². The summed E-state index contributed by atoms with van der Waals surface area (Å²) in [7, 11) is 0. The van der Waals surface area contributed by atoms with E-state index in [4.69, 9.17) is 0 Å². The summed E-state index contributed by atoms with van der Waals surface area (Å²) in [4.78, 5) is 19.0. The van der Waals surface area contributed by atoms with Crippen LogP contribution in [-0.2, 0) is 11.3 Å². The lowest BCUT2D eigenvalue weighted by Crippen LogP contribution is -2.39. The summed E-state index contributed by atoms with van der Waals surface area (Å²) in [6.07, 6.45) is 11.3. The van der Waals surface area contributed by atoms with Gasteiger partial charge in [0.25, 0.3) is 0 Å². The van der Waals surface area contributed by atoms with Gasteiger partial charge in [-0.15, -0.1) is 0 Å². The van der Waals surface area contributed by atoms with Crippen LogP contribution in [0, 0.1) is 0 Å². The van der Waals surface area contributed by atoms with E-state index in [0.29, 0.717) is 12.6 Å². The van der Waals surface area contributed by atoms with Crippen molar-refractivity contribution in [2.75, 3.05) is 18.4 Å². The highest BCUT2D eigenvalue weighted by Crippen LogP contribution is 2.21. The maximum Gasteiger partial charge on any atom is 0.238 e. The molecule has 3 heterocycles. The topological polar surface area (TPSA) is 68.0 Å². The number of imidazole rings is 1. The van der Waals surface area contributed by atoms with E-state index >= 15 is 0 Å². The van der Waals surface area contributed by atoms with Crippen molar-refractivity contribution in [2.45, 2.75) is 25.4 Å². The van der Waals surface area contributed by atoms with Crippen LogP contribution in [0.3, 0.4) is 0 Å². The standard InChI is InChI=1S/C19H22N6O/c26-19(14-23-10-3-5-16(23)13-25-11-4-8-21-25)22-17-6-1-2-7-18(17)24-12-9-20-15-24/h1-2,4,6-9,11-12,15-16H,3,5,10,13-14H2,(H,22,26)/t16-/m0/s1. The molecule has 0 saturated carbocycles. The lowest BCUT2D eigenvalue weighted by atomic mass is 10.2. The Morgan fingerprint density at radius 2 is 2.12 bits per heavy atom. The summed E-state index contributed by atoms with van der Waals surface area (Å²) < 4.78 is 3.83. The predicted molar refractivity (Wildman–Crippen MR) is 99.0 cm³/mol. The van der Waals surface area contributed by atoms with Gasteiger partial charge in [0.15, 0.2) is 0 Å². The second kappa shape index (κ2) is 7.53. The first-order chi connectivity index (χ1) is 12.8. The molecule has 7 heteroatoms. The number of nitrogens with zero attached hydrogens (tertiary/aromatic N) is 5. The van der Waals surface area contributed by atoms with E-state index in [9.17, 15) is 4.79 Å². The van der Waals surface area contributed by atoms with Crippen LogP contribution in [0.5, 0.6) is 0 Å². The van der Waals surface area contributed by atoms with Crippen LogP contribution in [0.4, 0.5) is 5.69 Å². The molecular formula is C19H22N6O. The summed E-state index contributed by atoms with van der Waals surface area (Å²) in [6, 6.07) is 10.0. The van der Waals surface area contributed by atoms with E-state index in [1.165, 1.54) is 0 Å². The predicted octanol–water partition coefficient (Wildman–Crippen LogP) is 2.17. The smallest absolute Gasteiger partial charge is 0.238 e. The third-order valence-corrected chi connectivity index (χ3v) is 4.76. The van der Waals surface area contributed by atoms with Gasteiger partial charge in [-0.05, 0) is 37.6 Å².